The zero-order valence-electron chi connectivity index (χ0n) is 11.0. The minimum atomic E-state index is -0.562. The fourth-order valence-corrected chi connectivity index (χ4v) is 1.93. The Balaban J connectivity index is 2.13. The van der Waals surface area contributed by atoms with E-state index in [-0.39, 0.29) is 0 Å². The average molecular weight is 262 g/mol. The average Bonchev–Trinajstić information content (AvgIpc) is 2.39. The Morgan fingerprint density at radius 2 is 1.74 bits per heavy atom. The Hall–Kier alpha value is -2.10. The van der Waals surface area contributed by atoms with Crippen molar-refractivity contribution in [3.8, 4) is 0 Å². The lowest BCUT2D eigenvalue weighted by Gasteiger charge is -2.20. The molecule has 2 aromatic carbocycles. The lowest BCUT2D eigenvalue weighted by Crippen LogP contribution is -2.17. The number of nitrogens with one attached hydrogen (secondary N) is 1. The van der Waals surface area contributed by atoms with Crippen LogP contribution >= 0.6 is 0 Å². The molecule has 0 radical (unpaired) electrons. The summed E-state index contributed by atoms with van der Waals surface area (Å²) in [7, 11) is 3.64. The highest BCUT2D eigenvalue weighted by Gasteiger charge is 2.09. The van der Waals surface area contributed by atoms with E-state index in [0.717, 1.165) is 17.3 Å². The molecule has 0 amide bonds. The van der Waals surface area contributed by atoms with Gasteiger partial charge in [-0.2, -0.15) is 0 Å². The van der Waals surface area contributed by atoms with Gasteiger partial charge in [-0.15, -0.1) is 0 Å². The van der Waals surface area contributed by atoms with Crippen LogP contribution < -0.4 is 10.2 Å². The Morgan fingerprint density at radius 3 is 2.32 bits per heavy atom. The van der Waals surface area contributed by atoms with Gasteiger partial charge >= 0.3 is 0 Å². The number of hydrogen-bond donors (Lipinski definition) is 1. The van der Waals surface area contributed by atoms with E-state index >= 15 is 0 Å². The predicted octanol–water partition coefficient (Wildman–Crippen LogP) is 3.64. The van der Waals surface area contributed by atoms with Crippen LogP contribution in [0.5, 0.6) is 0 Å². The third-order valence-corrected chi connectivity index (χ3v) is 2.98. The summed E-state index contributed by atoms with van der Waals surface area (Å²) in [5, 5.41) is 3.04. The van der Waals surface area contributed by atoms with Gasteiger partial charge in [0.25, 0.3) is 0 Å². The van der Waals surface area contributed by atoms with Crippen molar-refractivity contribution < 1.29 is 8.78 Å². The fourth-order valence-electron chi connectivity index (χ4n) is 1.93. The Labute approximate surface area is 111 Å². The molecule has 0 saturated heterocycles. The number of nitrogens with zero attached hydrogens (tertiary/aromatic N) is 1. The van der Waals surface area contributed by atoms with Gasteiger partial charge in [0.05, 0.1) is 5.69 Å². The van der Waals surface area contributed by atoms with Crippen molar-refractivity contribution in [2.45, 2.75) is 6.54 Å². The maximum absolute atomic E-state index is 13.6. The van der Waals surface area contributed by atoms with Crippen LogP contribution in [0.15, 0.2) is 42.5 Å². The maximum atomic E-state index is 13.6. The molecule has 0 aromatic heterocycles. The Morgan fingerprint density at radius 1 is 1.05 bits per heavy atom. The standard InChI is InChI=1S/C15H16F2N2/c1-18-13-6-3-11(4-7-13)10-19(2)15-8-5-12(16)9-14(15)17/h3-9,18H,10H2,1-2H3. The van der Waals surface area contributed by atoms with E-state index in [1.807, 2.05) is 31.3 Å². The van der Waals surface area contributed by atoms with Gasteiger partial charge in [-0.1, -0.05) is 12.1 Å². The number of benzene rings is 2. The van der Waals surface area contributed by atoms with Crippen LogP contribution in [0.3, 0.4) is 0 Å². The number of halogens is 2. The van der Waals surface area contributed by atoms with Crippen molar-refractivity contribution in [1.29, 1.82) is 0 Å². The van der Waals surface area contributed by atoms with Crippen molar-refractivity contribution in [3.63, 3.8) is 0 Å². The van der Waals surface area contributed by atoms with Crippen LogP contribution in [0.2, 0.25) is 0 Å². The second-order valence-corrected chi connectivity index (χ2v) is 4.40. The van der Waals surface area contributed by atoms with Gasteiger partial charge in [-0.05, 0) is 29.8 Å². The van der Waals surface area contributed by atoms with Gasteiger partial charge in [0.15, 0.2) is 0 Å². The summed E-state index contributed by atoms with van der Waals surface area (Å²) in [6.07, 6.45) is 0. The largest absolute Gasteiger partial charge is 0.388 e. The van der Waals surface area contributed by atoms with Crippen LogP contribution in [0.1, 0.15) is 5.56 Å². The van der Waals surface area contributed by atoms with E-state index in [1.54, 1.807) is 11.9 Å². The van der Waals surface area contributed by atoms with E-state index in [2.05, 4.69) is 5.32 Å². The molecule has 0 heterocycles. The first-order chi connectivity index (χ1) is 9.10. The normalized spacial score (nSPS) is 10.3. The van der Waals surface area contributed by atoms with Gasteiger partial charge in [-0.3, -0.25) is 0 Å². The molecule has 0 fully saturated rings. The topological polar surface area (TPSA) is 15.3 Å². The lowest BCUT2D eigenvalue weighted by atomic mass is 10.2. The summed E-state index contributed by atoms with van der Waals surface area (Å²) in [5.41, 5.74) is 2.48. The van der Waals surface area contributed by atoms with E-state index < -0.39 is 11.6 Å². The molecule has 1 N–H and O–H groups in total. The van der Waals surface area contributed by atoms with Crippen LogP contribution in [-0.2, 0) is 6.54 Å². The number of anilines is 2. The molecule has 0 aliphatic carbocycles. The molecule has 0 spiro atoms. The smallest absolute Gasteiger partial charge is 0.149 e. The molecule has 0 bridgehead atoms. The highest BCUT2D eigenvalue weighted by atomic mass is 19.1. The molecule has 2 aromatic rings. The summed E-state index contributed by atoms with van der Waals surface area (Å²) < 4.78 is 26.5. The minimum Gasteiger partial charge on any atom is -0.388 e. The molecular formula is C15H16F2N2. The van der Waals surface area contributed by atoms with Crippen LogP contribution in [0, 0.1) is 11.6 Å². The van der Waals surface area contributed by atoms with E-state index in [9.17, 15) is 8.78 Å². The van der Waals surface area contributed by atoms with Crippen LogP contribution in [-0.4, -0.2) is 14.1 Å². The molecule has 0 aliphatic rings. The monoisotopic (exact) mass is 262 g/mol. The first-order valence-corrected chi connectivity index (χ1v) is 6.03. The van der Waals surface area contributed by atoms with Crippen molar-refractivity contribution in [2.24, 2.45) is 0 Å². The molecule has 2 rings (SSSR count). The second kappa shape index (κ2) is 5.69. The highest BCUT2D eigenvalue weighted by molar-refractivity contribution is 5.49. The zero-order valence-corrected chi connectivity index (χ0v) is 11.0. The Bertz CT molecular complexity index is 553. The van der Waals surface area contributed by atoms with Crippen molar-refractivity contribution in [3.05, 3.63) is 59.7 Å². The van der Waals surface area contributed by atoms with E-state index in [0.29, 0.717) is 12.2 Å². The van der Waals surface area contributed by atoms with Gasteiger partial charge in [0.1, 0.15) is 11.6 Å². The maximum Gasteiger partial charge on any atom is 0.149 e. The molecule has 0 atom stereocenters. The molecule has 0 saturated carbocycles. The molecule has 0 unspecified atom stereocenters. The highest BCUT2D eigenvalue weighted by Crippen LogP contribution is 2.21. The quantitative estimate of drug-likeness (QED) is 0.905. The van der Waals surface area contributed by atoms with Gasteiger partial charge in [0, 0.05) is 32.4 Å². The molecular weight excluding hydrogens is 246 g/mol. The number of hydrogen-bond acceptors (Lipinski definition) is 2. The van der Waals surface area contributed by atoms with E-state index in [4.69, 9.17) is 0 Å². The summed E-state index contributed by atoms with van der Waals surface area (Å²) in [5.74, 6) is -1.11. The minimum absolute atomic E-state index is 0.388. The predicted molar refractivity (Wildman–Crippen MR) is 74.5 cm³/mol. The molecule has 2 nitrogen and oxygen atoms in total. The van der Waals surface area contributed by atoms with Crippen molar-refractivity contribution in [2.75, 3.05) is 24.3 Å². The van der Waals surface area contributed by atoms with Gasteiger partial charge in [0.2, 0.25) is 0 Å². The first kappa shape index (κ1) is 13.3. The Kier molecular flexibility index (Phi) is 4.00. The van der Waals surface area contributed by atoms with E-state index in [1.165, 1.54) is 12.1 Å². The van der Waals surface area contributed by atoms with Crippen LogP contribution in [0.25, 0.3) is 0 Å². The zero-order chi connectivity index (χ0) is 13.8. The first-order valence-electron chi connectivity index (χ1n) is 6.03. The summed E-state index contributed by atoms with van der Waals surface area (Å²) in [6.45, 7) is 0.562. The third kappa shape index (κ3) is 3.22. The molecule has 100 valence electrons. The molecule has 19 heavy (non-hydrogen) atoms. The third-order valence-electron chi connectivity index (χ3n) is 2.98. The van der Waals surface area contributed by atoms with Gasteiger partial charge < -0.3 is 10.2 Å². The van der Waals surface area contributed by atoms with Gasteiger partial charge in [-0.25, -0.2) is 8.78 Å². The number of rotatable bonds is 4. The van der Waals surface area contributed by atoms with Crippen molar-refractivity contribution in [1.82, 2.24) is 0 Å². The van der Waals surface area contributed by atoms with Crippen LogP contribution in [0.4, 0.5) is 20.2 Å². The molecule has 0 aliphatic heterocycles. The SMILES string of the molecule is CNc1ccc(CN(C)c2ccc(F)cc2F)cc1. The fraction of sp³-hybridized carbons (Fsp3) is 0.200. The lowest BCUT2D eigenvalue weighted by molar-refractivity contribution is 0.581. The van der Waals surface area contributed by atoms with Crippen molar-refractivity contribution >= 4 is 11.4 Å². The second-order valence-electron chi connectivity index (χ2n) is 4.40. The molecule has 4 heteroatoms. The summed E-state index contributed by atoms with van der Waals surface area (Å²) in [6, 6.07) is 11.5. The summed E-state index contributed by atoms with van der Waals surface area (Å²) in [4.78, 5) is 1.75. The summed E-state index contributed by atoms with van der Waals surface area (Å²) >= 11 is 0.